The molecule has 2 atom stereocenters. The van der Waals surface area contributed by atoms with Gasteiger partial charge in [-0.2, -0.15) is 0 Å². The largest absolute Gasteiger partial charge is 0.480 e. The lowest BCUT2D eigenvalue weighted by atomic mass is 9.94. The zero-order chi connectivity index (χ0) is 22.3. The Bertz CT molecular complexity index is 1110. The summed E-state index contributed by atoms with van der Waals surface area (Å²) in [6.07, 6.45) is 3.51. The van der Waals surface area contributed by atoms with E-state index in [1.807, 2.05) is 29.2 Å². The fraction of sp³-hybridized carbons (Fsp3) is 0.259. The SMILES string of the molecule is C[C@@H]1CN(C(c2ccccc2)c2cccc(C#Cc3cccnc3)c2)CCN1CC(=O)O. The molecule has 1 N–H and O–H groups in total. The van der Waals surface area contributed by atoms with Crippen molar-refractivity contribution >= 4 is 5.97 Å². The molecule has 3 aromatic rings. The number of nitrogens with zero attached hydrogens (tertiary/aromatic N) is 3. The number of carboxylic acids is 1. The number of benzene rings is 2. The van der Waals surface area contributed by atoms with E-state index < -0.39 is 5.97 Å². The van der Waals surface area contributed by atoms with Crippen molar-refractivity contribution in [2.75, 3.05) is 26.2 Å². The van der Waals surface area contributed by atoms with Crippen molar-refractivity contribution in [2.24, 2.45) is 0 Å². The maximum Gasteiger partial charge on any atom is 0.317 e. The van der Waals surface area contributed by atoms with Crippen LogP contribution in [0.15, 0.2) is 79.1 Å². The minimum Gasteiger partial charge on any atom is -0.480 e. The molecular weight excluding hydrogens is 398 g/mol. The van der Waals surface area contributed by atoms with Gasteiger partial charge in [0, 0.05) is 49.2 Å². The van der Waals surface area contributed by atoms with Gasteiger partial charge in [-0.1, -0.05) is 54.3 Å². The van der Waals surface area contributed by atoms with Gasteiger partial charge < -0.3 is 5.11 Å². The Morgan fingerprint density at radius 3 is 2.50 bits per heavy atom. The number of hydrogen-bond donors (Lipinski definition) is 1. The minimum absolute atomic E-state index is 0.0877. The third-order valence-corrected chi connectivity index (χ3v) is 5.83. The van der Waals surface area contributed by atoms with Crippen LogP contribution in [0.4, 0.5) is 0 Å². The summed E-state index contributed by atoms with van der Waals surface area (Å²) in [5.74, 6) is 5.68. The Labute approximate surface area is 189 Å². The lowest BCUT2D eigenvalue weighted by Crippen LogP contribution is -2.54. The monoisotopic (exact) mass is 425 g/mol. The summed E-state index contributed by atoms with van der Waals surface area (Å²) in [5, 5.41) is 9.21. The van der Waals surface area contributed by atoms with Crippen molar-refractivity contribution in [1.82, 2.24) is 14.8 Å². The van der Waals surface area contributed by atoms with Gasteiger partial charge in [0.1, 0.15) is 0 Å². The fourth-order valence-corrected chi connectivity index (χ4v) is 4.28. The second-order valence-corrected chi connectivity index (χ2v) is 8.14. The highest BCUT2D eigenvalue weighted by Crippen LogP contribution is 2.31. The Kier molecular flexibility index (Phi) is 6.96. The van der Waals surface area contributed by atoms with Crippen LogP contribution >= 0.6 is 0 Å². The van der Waals surface area contributed by atoms with Crippen LogP contribution in [0.1, 0.15) is 35.2 Å². The molecule has 0 amide bonds. The maximum absolute atomic E-state index is 11.2. The van der Waals surface area contributed by atoms with Gasteiger partial charge in [-0.15, -0.1) is 0 Å². The van der Waals surface area contributed by atoms with E-state index in [2.05, 4.69) is 71.1 Å². The predicted molar refractivity (Wildman–Crippen MR) is 125 cm³/mol. The van der Waals surface area contributed by atoms with Crippen LogP contribution in [-0.2, 0) is 4.79 Å². The van der Waals surface area contributed by atoms with Crippen molar-refractivity contribution in [3.63, 3.8) is 0 Å². The molecule has 1 fully saturated rings. The Balaban J connectivity index is 1.62. The first-order chi connectivity index (χ1) is 15.6. The van der Waals surface area contributed by atoms with E-state index in [0.717, 1.165) is 30.8 Å². The lowest BCUT2D eigenvalue weighted by molar-refractivity contribution is -0.139. The summed E-state index contributed by atoms with van der Waals surface area (Å²) < 4.78 is 0. The Hall–Kier alpha value is -3.46. The second-order valence-electron chi connectivity index (χ2n) is 8.14. The van der Waals surface area contributed by atoms with Gasteiger partial charge in [0.2, 0.25) is 0 Å². The van der Waals surface area contributed by atoms with Crippen molar-refractivity contribution < 1.29 is 9.90 Å². The molecule has 5 nitrogen and oxygen atoms in total. The van der Waals surface area contributed by atoms with Crippen LogP contribution < -0.4 is 0 Å². The fourth-order valence-electron chi connectivity index (χ4n) is 4.28. The smallest absolute Gasteiger partial charge is 0.317 e. The number of carbonyl (C=O) groups is 1. The van der Waals surface area contributed by atoms with E-state index in [1.165, 1.54) is 11.1 Å². The van der Waals surface area contributed by atoms with E-state index >= 15 is 0 Å². The average Bonchev–Trinajstić information content (AvgIpc) is 2.81. The number of pyridine rings is 1. The van der Waals surface area contributed by atoms with E-state index in [9.17, 15) is 9.90 Å². The molecule has 1 unspecified atom stereocenters. The normalized spacial score (nSPS) is 17.8. The molecule has 5 heteroatoms. The summed E-state index contributed by atoms with van der Waals surface area (Å²) in [4.78, 5) is 19.8. The summed E-state index contributed by atoms with van der Waals surface area (Å²) in [5.41, 5.74) is 4.27. The van der Waals surface area contributed by atoms with Gasteiger partial charge in [0.15, 0.2) is 0 Å². The van der Waals surface area contributed by atoms with Crippen molar-refractivity contribution in [3.8, 4) is 11.8 Å². The predicted octanol–water partition coefficient (Wildman–Crippen LogP) is 3.66. The van der Waals surface area contributed by atoms with Crippen LogP contribution in [0.2, 0.25) is 0 Å². The molecule has 2 aromatic carbocycles. The zero-order valence-electron chi connectivity index (χ0n) is 18.2. The van der Waals surface area contributed by atoms with Gasteiger partial charge in [-0.3, -0.25) is 19.6 Å². The highest BCUT2D eigenvalue weighted by Gasteiger charge is 2.31. The standard InChI is InChI=1S/C27H27N3O2/c1-21-19-30(16-15-29(21)20-26(31)32)27(24-9-3-2-4-10-24)25-11-5-7-22(17-25)12-13-23-8-6-14-28-18-23/h2-11,14,17-18,21,27H,15-16,19-20H2,1H3,(H,31,32)/t21-,27?/m1/s1. The van der Waals surface area contributed by atoms with Crippen LogP contribution in [-0.4, -0.2) is 58.1 Å². The molecule has 2 heterocycles. The number of piperazine rings is 1. The Morgan fingerprint density at radius 2 is 1.78 bits per heavy atom. The van der Waals surface area contributed by atoms with Gasteiger partial charge >= 0.3 is 5.97 Å². The molecule has 1 aliphatic rings. The lowest BCUT2D eigenvalue weighted by Gasteiger charge is -2.43. The molecule has 0 radical (unpaired) electrons. The number of hydrogen-bond acceptors (Lipinski definition) is 4. The zero-order valence-corrected chi connectivity index (χ0v) is 18.2. The first-order valence-corrected chi connectivity index (χ1v) is 10.9. The third-order valence-electron chi connectivity index (χ3n) is 5.83. The van der Waals surface area contributed by atoms with Crippen molar-refractivity contribution in [1.29, 1.82) is 0 Å². The molecule has 0 saturated carbocycles. The van der Waals surface area contributed by atoms with Gasteiger partial charge in [0.25, 0.3) is 0 Å². The number of carboxylic acid groups (broad SMARTS) is 1. The van der Waals surface area contributed by atoms with Crippen LogP contribution in [0.3, 0.4) is 0 Å². The van der Waals surface area contributed by atoms with Crippen LogP contribution in [0, 0.1) is 11.8 Å². The average molecular weight is 426 g/mol. The Morgan fingerprint density at radius 1 is 1.03 bits per heavy atom. The number of rotatable bonds is 5. The van der Waals surface area contributed by atoms with Crippen molar-refractivity contribution in [3.05, 3.63) is 101 Å². The molecule has 1 aliphatic heterocycles. The van der Waals surface area contributed by atoms with Crippen LogP contribution in [0.5, 0.6) is 0 Å². The second kappa shape index (κ2) is 10.2. The highest BCUT2D eigenvalue weighted by molar-refractivity contribution is 5.69. The molecular formula is C27H27N3O2. The minimum atomic E-state index is -0.773. The summed E-state index contributed by atoms with van der Waals surface area (Å²) in [6.45, 7) is 4.54. The third kappa shape index (κ3) is 5.42. The molecule has 4 rings (SSSR count). The summed E-state index contributed by atoms with van der Waals surface area (Å²) in [7, 11) is 0. The van der Waals surface area contributed by atoms with E-state index in [-0.39, 0.29) is 18.6 Å². The van der Waals surface area contributed by atoms with Gasteiger partial charge in [0.05, 0.1) is 12.6 Å². The topological polar surface area (TPSA) is 56.7 Å². The first kappa shape index (κ1) is 21.8. The number of aromatic nitrogens is 1. The quantitative estimate of drug-likeness (QED) is 0.633. The van der Waals surface area contributed by atoms with E-state index in [1.54, 1.807) is 12.4 Å². The molecule has 32 heavy (non-hydrogen) atoms. The molecule has 0 spiro atoms. The molecule has 0 bridgehead atoms. The molecule has 1 aromatic heterocycles. The summed E-state index contributed by atoms with van der Waals surface area (Å²) in [6, 6.07) is 23.0. The molecule has 1 saturated heterocycles. The summed E-state index contributed by atoms with van der Waals surface area (Å²) >= 11 is 0. The number of aliphatic carboxylic acids is 1. The highest BCUT2D eigenvalue weighted by atomic mass is 16.4. The first-order valence-electron chi connectivity index (χ1n) is 10.9. The van der Waals surface area contributed by atoms with Crippen LogP contribution in [0.25, 0.3) is 0 Å². The molecule has 162 valence electrons. The van der Waals surface area contributed by atoms with Gasteiger partial charge in [-0.05, 0) is 42.3 Å². The van der Waals surface area contributed by atoms with E-state index in [0.29, 0.717) is 0 Å². The maximum atomic E-state index is 11.2. The van der Waals surface area contributed by atoms with Gasteiger partial charge in [-0.25, -0.2) is 0 Å². The molecule has 0 aliphatic carbocycles. The van der Waals surface area contributed by atoms with E-state index in [4.69, 9.17) is 0 Å². The van der Waals surface area contributed by atoms with Crippen molar-refractivity contribution in [2.45, 2.75) is 19.0 Å².